The van der Waals surface area contributed by atoms with E-state index in [4.69, 9.17) is 0 Å². The fourth-order valence-corrected chi connectivity index (χ4v) is 1.51. The highest BCUT2D eigenvalue weighted by Crippen LogP contribution is 2.15. The second-order valence-corrected chi connectivity index (χ2v) is 3.71. The molecule has 0 aliphatic rings. The molecule has 1 N–H and O–H groups in total. The number of benzene rings is 1. The third kappa shape index (κ3) is 2.69. The molecule has 94 valence electrons. The first-order valence-electron chi connectivity index (χ1n) is 5.57. The van der Waals surface area contributed by atoms with Crippen LogP contribution in [0, 0.1) is 10.1 Å². The van der Waals surface area contributed by atoms with Crippen molar-refractivity contribution in [1.29, 1.82) is 0 Å². The van der Waals surface area contributed by atoms with Crippen LogP contribution in [0.1, 0.15) is 12.6 Å². The van der Waals surface area contributed by atoms with Crippen molar-refractivity contribution in [2.75, 3.05) is 6.54 Å². The summed E-state index contributed by atoms with van der Waals surface area (Å²) >= 11 is 0. The quantitative estimate of drug-likeness (QED) is 0.635. The molecule has 0 aliphatic heterocycles. The van der Waals surface area contributed by atoms with Crippen LogP contribution in [0.15, 0.2) is 30.5 Å². The molecule has 0 saturated carbocycles. The maximum Gasteiger partial charge on any atom is 0.271 e. The van der Waals surface area contributed by atoms with Gasteiger partial charge in [-0.1, -0.05) is 18.2 Å². The minimum Gasteiger partial charge on any atom is -0.311 e. The number of hydrogen-bond donors (Lipinski definition) is 1. The SMILES string of the molecule is CCNCc1cn(-c2cccc([N+](=O)[O-])c2)nn1. The Hall–Kier alpha value is -2.28. The summed E-state index contributed by atoms with van der Waals surface area (Å²) in [4.78, 5) is 10.3. The standard InChI is InChI=1S/C11H13N5O2/c1-2-12-7-9-8-15(14-13-9)10-4-3-5-11(6-10)16(17)18/h3-6,8,12H,2,7H2,1H3. The minimum absolute atomic E-state index is 0.0382. The van der Waals surface area contributed by atoms with Gasteiger partial charge < -0.3 is 5.32 Å². The Bertz CT molecular complexity index is 552. The number of aromatic nitrogens is 3. The maximum atomic E-state index is 10.7. The molecular formula is C11H13N5O2. The van der Waals surface area contributed by atoms with Crippen LogP contribution >= 0.6 is 0 Å². The molecule has 2 aromatic rings. The molecule has 0 spiro atoms. The van der Waals surface area contributed by atoms with E-state index in [1.165, 1.54) is 16.8 Å². The van der Waals surface area contributed by atoms with Crippen molar-refractivity contribution in [3.8, 4) is 5.69 Å². The summed E-state index contributed by atoms with van der Waals surface area (Å²) in [6, 6.07) is 6.28. The van der Waals surface area contributed by atoms with E-state index in [0.717, 1.165) is 12.2 Å². The maximum absolute atomic E-state index is 10.7. The van der Waals surface area contributed by atoms with Crippen molar-refractivity contribution in [3.05, 3.63) is 46.3 Å². The van der Waals surface area contributed by atoms with E-state index in [0.29, 0.717) is 12.2 Å². The van der Waals surface area contributed by atoms with E-state index >= 15 is 0 Å². The van der Waals surface area contributed by atoms with Gasteiger partial charge in [-0.2, -0.15) is 0 Å². The Kier molecular flexibility index (Phi) is 3.63. The van der Waals surface area contributed by atoms with E-state index in [1.54, 1.807) is 18.3 Å². The van der Waals surface area contributed by atoms with Crippen LogP contribution in [-0.2, 0) is 6.54 Å². The first-order valence-corrected chi connectivity index (χ1v) is 5.57. The van der Waals surface area contributed by atoms with E-state index in [2.05, 4.69) is 15.6 Å². The summed E-state index contributed by atoms with van der Waals surface area (Å²) in [5.41, 5.74) is 1.46. The van der Waals surface area contributed by atoms with Crippen LogP contribution in [0.25, 0.3) is 5.69 Å². The van der Waals surface area contributed by atoms with E-state index < -0.39 is 4.92 Å². The normalized spacial score (nSPS) is 10.5. The second-order valence-electron chi connectivity index (χ2n) is 3.71. The lowest BCUT2D eigenvalue weighted by molar-refractivity contribution is -0.384. The van der Waals surface area contributed by atoms with Crippen molar-refractivity contribution in [2.45, 2.75) is 13.5 Å². The molecule has 1 heterocycles. The van der Waals surface area contributed by atoms with Crippen LogP contribution in [0.2, 0.25) is 0 Å². The van der Waals surface area contributed by atoms with Gasteiger partial charge in [-0.25, -0.2) is 4.68 Å². The first kappa shape index (κ1) is 12.2. The number of rotatable bonds is 5. The number of nitrogens with one attached hydrogen (secondary N) is 1. The Balaban J connectivity index is 2.23. The minimum atomic E-state index is -0.431. The number of nitrogens with zero attached hydrogens (tertiary/aromatic N) is 4. The molecule has 1 aromatic heterocycles. The number of nitro benzene ring substituents is 1. The van der Waals surface area contributed by atoms with E-state index in [9.17, 15) is 10.1 Å². The molecule has 0 radical (unpaired) electrons. The van der Waals surface area contributed by atoms with Gasteiger partial charge in [-0.3, -0.25) is 10.1 Å². The molecular weight excluding hydrogens is 234 g/mol. The molecule has 7 heteroatoms. The van der Waals surface area contributed by atoms with Gasteiger partial charge in [0.1, 0.15) is 0 Å². The predicted octanol–water partition coefficient (Wildman–Crippen LogP) is 1.28. The molecule has 1 aromatic carbocycles. The average Bonchev–Trinajstić information content (AvgIpc) is 2.85. The summed E-state index contributed by atoms with van der Waals surface area (Å²) in [6.07, 6.45) is 1.75. The van der Waals surface area contributed by atoms with Gasteiger partial charge in [0, 0.05) is 18.7 Å². The van der Waals surface area contributed by atoms with Crippen molar-refractivity contribution in [2.24, 2.45) is 0 Å². The van der Waals surface area contributed by atoms with Crippen LogP contribution in [-0.4, -0.2) is 26.5 Å². The third-order valence-electron chi connectivity index (χ3n) is 2.40. The highest BCUT2D eigenvalue weighted by atomic mass is 16.6. The van der Waals surface area contributed by atoms with Crippen LogP contribution in [0.3, 0.4) is 0 Å². The summed E-state index contributed by atoms with van der Waals surface area (Å²) in [5, 5.41) is 21.7. The molecule has 0 saturated heterocycles. The lowest BCUT2D eigenvalue weighted by Crippen LogP contribution is -2.11. The summed E-state index contributed by atoms with van der Waals surface area (Å²) in [7, 11) is 0. The van der Waals surface area contributed by atoms with Gasteiger partial charge in [-0.05, 0) is 12.6 Å². The Morgan fingerprint density at radius 1 is 1.50 bits per heavy atom. The topological polar surface area (TPSA) is 85.9 Å². The lowest BCUT2D eigenvalue weighted by Gasteiger charge is -1.99. The molecule has 2 rings (SSSR count). The molecule has 0 bridgehead atoms. The van der Waals surface area contributed by atoms with Crippen molar-refractivity contribution < 1.29 is 4.92 Å². The Morgan fingerprint density at radius 3 is 3.06 bits per heavy atom. The lowest BCUT2D eigenvalue weighted by atomic mass is 10.3. The molecule has 7 nitrogen and oxygen atoms in total. The first-order chi connectivity index (χ1) is 8.70. The highest BCUT2D eigenvalue weighted by Gasteiger charge is 2.08. The zero-order valence-corrected chi connectivity index (χ0v) is 9.91. The van der Waals surface area contributed by atoms with Gasteiger partial charge in [0.25, 0.3) is 5.69 Å². The second kappa shape index (κ2) is 5.37. The third-order valence-corrected chi connectivity index (χ3v) is 2.40. The predicted molar refractivity (Wildman–Crippen MR) is 65.4 cm³/mol. The summed E-state index contributed by atoms with van der Waals surface area (Å²) in [5.74, 6) is 0. The largest absolute Gasteiger partial charge is 0.311 e. The zero-order chi connectivity index (χ0) is 13.0. The van der Waals surface area contributed by atoms with E-state index in [1.807, 2.05) is 6.92 Å². The van der Waals surface area contributed by atoms with Crippen LogP contribution in [0.4, 0.5) is 5.69 Å². The number of nitro groups is 1. The van der Waals surface area contributed by atoms with Gasteiger partial charge in [0.05, 0.1) is 22.5 Å². The van der Waals surface area contributed by atoms with Crippen LogP contribution in [0.5, 0.6) is 0 Å². The van der Waals surface area contributed by atoms with Crippen molar-refractivity contribution >= 4 is 5.69 Å². The molecule has 0 atom stereocenters. The summed E-state index contributed by atoms with van der Waals surface area (Å²) < 4.78 is 1.53. The zero-order valence-electron chi connectivity index (χ0n) is 9.91. The van der Waals surface area contributed by atoms with Gasteiger partial charge in [0.2, 0.25) is 0 Å². The summed E-state index contributed by atoms with van der Waals surface area (Å²) in [6.45, 7) is 3.49. The smallest absolute Gasteiger partial charge is 0.271 e. The van der Waals surface area contributed by atoms with Crippen LogP contribution < -0.4 is 5.32 Å². The molecule has 0 unspecified atom stereocenters. The van der Waals surface area contributed by atoms with E-state index in [-0.39, 0.29) is 5.69 Å². The molecule has 0 amide bonds. The Labute approximate surface area is 104 Å². The molecule has 0 fully saturated rings. The molecule has 18 heavy (non-hydrogen) atoms. The number of non-ortho nitro benzene ring substituents is 1. The van der Waals surface area contributed by atoms with Gasteiger partial charge in [-0.15, -0.1) is 5.10 Å². The Morgan fingerprint density at radius 2 is 2.33 bits per heavy atom. The van der Waals surface area contributed by atoms with Gasteiger partial charge >= 0.3 is 0 Å². The van der Waals surface area contributed by atoms with Crippen molar-refractivity contribution in [3.63, 3.8) is 0 Å². The highest BCUT2D eigenvalue weighted by molar-refractivity contribution is 5.42. The molecule has 0 aliphatic carbocycles. The number of hydrogen-bond acceptors (Lipinski definition) is 5. The fourth-order valence-electron chi connectivity index (χ4n) is 1.51. The van der Waals surface area contributed by atoms with Crippen molar-refractivity contribution in [1.82, 2.24) is 20.3 Å². The van der Waals surface area contributed by atoms with Gasteiger partial charge in [0.15, 0.2) is 0 Å². The monoisotopic (exact) mass is 247 g/mol. The fraction of sp³-hybridized carbons (Fsp3) is 0.273. The average molecular weight is 247 g/mol.